The van der Waals surface area contributed by atoms with Crippen molar-refractivity contribution in [3.8, 4) is 5.75 Å². The molecule has 0 radical (unpaired) electrons. The number of unbranched alkanes of at least 4 members (excludes halogenated alkanes) is 1. The number of ether oxygens (including phenoxy) is 2. The normalized spacial score (nSPS) is 10.1. The van der Waals surface area contributed by atoms with Crippen molar-refractivity contribution in [1.82, 2.24) is 9.78 Å². The average Bonchev–Trinajstić information content (AvgIpc) is 2.74. The van der Waals surface area contributed by atoms with E-state index in [-0.39, 0.29) is 12.6 Å². The van der Waals surface area contributed by atoms with Gasteiger partial charge in [-0.1, -0.05) is 13.3 Å². The Balaban J connectivity index is 2.20. The van der Waals surface area contributed by atoms with E-state index in [4.69, 9.17) is 9.47 Å². The van der Waals surface area contributed by atoms with Crippen LogP contribution in [0.4, 0.5) is 0 Å². The third-order valence-corrected chi connectivity index (χ3v) is 2.05. The lowest BCUT2D eigenvalue weighted by molar-refractivity contribution is -0.146. The SMILES string of the molecule is CCCCOC(=O)COc1cnn(CC)c1. The van der Waals surface area contributed by atoms with Crippen molar-refractivity contribution in [3.05, 3.63) is 12.4 Å². The second kappa shape index (κ2) is 6.87. The van der Waals surface area contributed by atoms with Crippen molar-refractivity contribution in [2.75, 3.05) is 13.2 Å². The molecule has 0 unspecified atom stereocenters. The summed E-state index contributed by atoms with van der Waals surface area (Å²) >= 11 is 0. The van der Waals surface area contributed by atoms with Crippen LogP contribution in [0.25, 0.3) is 0 Å². The van der Waals surface area contributed by atoms with Gasteiger partial charge in [-0.3, -0.25) is 4.68 Å². The van der Waals surface area contributed by atoms with Crippen LogP contribution in [0.2, 0.25) is 0 Å². The fourth-order valence-electron chi connectivity index (χ4n) is 1.11. The molecule has 16 heavy (non-hydrogen) atoms. The maximum atomic E-state index is 11.2. The lowest BCUT2D eigenvalue weighted by atomic mass is 10.4. The summed E-state index contributed by atoms with van der Waals surface area (Å²) in [5.41, 5.74) is 0. The molecule has 5 heteroatoms. The van der Waals surface area contributed by atoms with Crippen molar-refractivity contribution in [3.63, 3.8) is 0 Å². The van der Waals surface area contributed by atoms with Crippen molar-refractivity contribution in [1.29, 1.82) is 0 Å². The van der Waals surface area contributed by atoms with Gasteiger partial charge < -0.3 is 9.47 Å². The first kappa shape index (κ1) is 12.5. The first-order valence-electron chi connectivity index (χ1n) is 5.57. The van der Waals surface area contributed by atoms with Gasteiger partial charge in [0.15, 0.2) is 12.4 Å². The molecule has 1 aromatic rings. The molecule has 0 aliphatic heterocycles. The monoisotopic (exact) mass is 226 g/mol. The Labute approximate surface area is 95.3 Å². The molecule has 0 aliphatic carbocycles. The molecule has 0 aliphatic rings. The van der Waals surface area contributed by atoms with Gasteiger partial charge in [0.25, 0.3) is 0 Å². The maximum absolute atomic E-state index is 11.2. The summed E-state index contributed by atoms with van der Waals surface area (Å²) in [5.74, 6) is 0.256. The van der Waals surface area contributed by atoms with E-state index in [0.717, 1.165) is 19.4 Å². The Morgan fingerprint density at radius 1 is 1.50 bits per heavy atom. The molecule has 0 atom stereocenters. The van der Waals surface area contributed by atoms with E-state index >= 15 is 0 Å². The van der Waals surface area contributed by atoms with Gasteiger partial charge in [0.2, 0.25) is 0 Å². The first-order chi connectivity index (χ1) is 7.76. The number of hydrogen-bond donors (Lipinski definition) is 0. The van der Waals surface area contributed by atoms with Gasteiger partial charge in [0.1, 0.15) is 0 Å². The summed E-state index contributed by atoms with van der Waals surface area (Å²) < 4.78 is 11.9. The Kier molecular flexibility index (Phi) is 5.39. The number of hydrogen-bond acceptors (Lipinski definition) is 4. The number of nitrogens with zero attached hydrogens (tertiary/aromatic N) is 2. The van der Waals surface area contributed by atoms with Crippen molar-refractivity contribution in [2.24, 2.45) is 0 Å². The van der Waals surface area contributed by atoms with E-state index in [1.54, 1.807) is 17.1 Å². The Morgan fingerprint density at radius 2 is 2.31 bits per heavy atom. The van der Waals surface area contributed by atoms with Gasteiger partial charge in [0.05, 0.1) is 19.0 Å². The minimum Gasteiger partial charge on any atom is -0.479 e. The molecule has 5 nitrogen and oxygen atoms in total. The minimum atomic E-state index is -0.335. The van der Waals surface area contributed by atoms with E-state index < -0.39 is 0 Å². The maximum Gasteiger partial charge on any atom is 0.344 e. The summed E-state index contributed by atoms with van der Waals surface area (Å²) in [5, 5.41) is 4.03. The second-order valence-corrected chi connectivity index (χ2v) is 3.39. The van der Waals surface area contributed by atoms with Crippen LogP contribution in [-0.2, 0) is 16.1 Å². The van der Waals surface area contributed by atoms with Crippen LogP contribution in [0.5, 0.6) is 5.75 Å². The number of aromatic nitrogens is 2. The summed E-state index contributed by atoms with van der Waals surface area (Å²) in [7, 11) is 0. The predicted octanol–water partition coefficient (Wildman–Crippen LogP) is 1.63. The van der Waals surface area contributed by atoms with Crippen LogP contribution >= 0.6 is 0 Å². The van der Waals surface area contributed by atoms with E-state index in [1.807, 2.05) is 13.8 Å². The molecule has 0 saturated carbocycles. The van der Waals surface area contributed by atoms with Gasteiger partial charge in [0, 0.05) is 6.54 Å². The zero-order valence-electron chi connectivity index (χ0n) is 9.81. The van der Waals surface area contributed by atoms with Gasteiger partial charge >= 0.3 is 5.97 Å². The van der Waals surface area contributed by atoms with Crippen LogP contribution in [0.3, 0.4) is 0 Å². The topological polar surface area (TPSA) is 53.4 Å². The number of carbonyl (C=O) groups is 1. The fourth-order valence-corrected chi connectivity index (χ4v) is 1.11. The smallest absolute Gasteiger partial charge is 0.344 e. The van der Waals surface area contributed by atoms with E-state index in [2.05, 4.69) is 5.10 Å². The lowest BCUT2D eigenvalue weighted by Gasteiger charge is -2.04. The Hall–Kier alpha value is -1.52. The van der Waals surface area contributed by atoms with E-state index in [0.29, 0.717) is 12.4 Å². The van der Waals surface area contributed by atoms with Crippen molar-refractivity contribution >= 4 is 5.97 Å². The van der Waals surface area contributed by atoms with Crippen molar-refractivity contribution in [2.45, 2.75) is 33.2 Å². The Bertz CT molecular complexity index is 323. The number of rotatable bonds is 7. The van der Waals surface area contributed by atoms with E-state index in [1.165, 1.54) is 0 Å². The molecule has 0 aromatic carbocycles. The molecule has 0 fully saturated rings. The quantitative estimate of drug-likeness (QED) is 0.523. The Morgan fingerprint density at radius 3 is 2.94 bits per heavy atom. The van der Waals surface area contributed by atoms with Gasteiger partial charge in [-0.05, 0) is 13.3 Å². The van der Waals surface area contributed by atoms with Crippen LogP contribution in [0, 0.1) is 0 Å². The molecular weight excluding hydrogens is 208 g/mol. The third-order valence-electron chi connectivity index (χ3n) is 2.05. The average molecular weight is 226 g/mol. The summed E-state index contributed by atoms with van der Waals surface area (Å²) in [4.78, 5) is 11.2. The molecule has 0 N–H and O–H groups in total. The number of esters is 1. The molecule has 0 saturated heterocycles. The summed E-state index contributed by atoms with van der Waals surface area (Å²) in [6.45, 7) is 5.22. The summed E-state index contributed by atoms with van der Waals surface area (Å²) in [6.07, 6.45) is 5.24. The standard InChI is InChI=1S/C11H18N2O3/c1-3-5-6-15-11(14)9-16-10-7-12-13(4-2)8-10/h7-8H,3-6,9H2,1-2H3. The lowest BCUT2D eigenvalue weighted by Crippen LogP contribution is -2.15. The highest BCUT2D eigenvalue weighted by Crippen LogP contribution is 2.07. The van der Waals surface area contributed by atoms with Gasteiger partial charge in [-0.25, -0.2) is 4.79 Å². The third kappa shape index (κ3) is 4.33. The van der Waals surface area contributed by atoms with Crippen LogP contribution in [-0.4, -0.2) is 29.0 Å². The van der Waals surface area contributed by atoms with Gasteiger partial charge in [-0.15, -0.1) is 0 Å². The number of carbonyl (C=O) groups excluding carboxylic acids is 1. The molecule has 90 valence electrons. The molecule has 0 amide bonds. The number of aryl methyl sites for hydroxylation is 1. The zero-order valence-corrected chi connectivity index (χ0v) is 9.81. The highest BCUT2D eigenvalue weighted by Gasteiger charge is 2.05. The highest BCUT2D eigenvalue weighted by atomic mass is 16.6. The zero-order chi connectivity index (χ0) is 11.8. The first-order valence-corrected chi connectivity index (χ1v) is 5.57. The van der Waals surface area contributed by atoms with Crippen molar-refractivity contribution < 1.29 is 14.3 Å². The highest BCUT2D eigenvalue weighted by molar-refractivity contribution is 5.71. The largest absolute Gasteiger partial charge is 0.479 e. The molecule has 0 bridgehead atoms. The fraction of sp³-hybridized carbons (Fsp3) is 0.636. The minimum absolute atomic E-state index is 0.0564. The van der Waals surface area contributed by atoms with Crippen LogP contribution in [0.1, 0.15) is 26.7 Å². The summed E-state index contributed by atoms with van der Waals surface area (Å²) in [6, 6.07) is 0. The molecule has 1 aromatic heterocycles. The van der Waals surface area contributed by atoms with Crippen LogP contribution in [0.15, 0.2) is 12.4 Å². The van der Waals surface area contributed by atoms with E-state index in [9.17, 15) is 4.79 Å². The molecule has 1 heterocycles. The predicted molar refractivity (Wildman–Crippen MR) is 59.3 cm³/mol. The molecular formula is C11H18N2O3. The second-order valence-electron chi connectivity index (χ2n) is 3.39. The van der Waals surface area contributed by atoms with Gasteiger partial charge in [-0.2, -0.15) is 5.10 Å². The molecule has 1 rings (SSSR count). The molecule has 0 spiro atoms. The van der Waals surface area contributed by atoms with Crippen LogP contribution < -0.4 is 4.74 Å².